The number of amides is 2. The van der Waals surface area contributed by atoms with Crippen molar-refractivity contribution in [1.29, 1.82) is 0 Å². The molecule has 2 amide bonds. The first-order valence-corrected chi connectivity index (χ1v) is 9.78. The quantitative estimate of drug-likeness (QED) is 0.555. The third-order valence-electron chi connectivity index (χ3n) is 4.25. The summed E-state index contributed by atoms with van der Waals surface area (Å²) in [6, 6.07) is 20.9. The first kappa shape index (κ1) is 20.9. The van der Waals surface area contributed by atoms with Crippen molar-refractivity contribution in [3.63, 3.8) is 0 Å². The molecule has 0 saturated carbocycles. The molecule has 0 atom stereocenters. The topological polar surface area (TPSA) is 76.7 Å². The van der Waals surface area contributed by atoms with Crippen LogP contribution in [-0.4, -0.2) is 25.0 Å². The minimum atomic E-state index is -0.292. The van der Waals surface area contributed by atoms with Gasteiger partial charge in [-0.15, -0.1) is 0 Å². The van der Waals surface area contributed by atoms with E-state index < -0.39 is 0 Å². The normalized spacial score (nSPS) is 10.2. The van der Waals surface area contributed by atoms with Gasteiger partial charge in [-0.25, -0.2) is 0 Å². The molecule has 0 spiro atoms. The summed E-state index contributed by atoms with van der Waals surface area (Å²) in [5, 5.41) is 5.67. The monoisotopic (exact) mass is 404 g/mol. The van der Waals surface area contributed by atoms with Crippen LogP contribution >= 0.6 is 0 Å². The third-order valence-corrected chi connectivity index (χ3v) is 4.25. The summed E-state index contributed by atoms with van der Waals surface area (Å²) in [6.07, 6.45) is 0. The fraction of sp³-hybridized carbons (Fsp3) is 0.167. The van der Waals surface area contributed by atoms with Crippen LogP contribution in [0.2, 0.25) is 0 Å². The first-order chi connectivity index (χ1) is 14.6. The number of para-hydroxylation sites is 2. The summed E-state index contributed by atoms with van der Waals surface area (Å²) in [6.45, 7) is 4.85. The molecular weight excluding hydrogens is 380 g/mol. The standard InChI is InChI=1S/C24H24N2O4/c1-3-29-20-14-12-17(13-15-20)23(27)25-19-9-7-8-18(16-19)24(28)26-21-10-5-6-11-22(21)30-4-2/h5-16H,3-4H2,1-2H3,(H,25,27)(H,26,28). The molecule has 6 nitrogen and oxygen atoms in total. The van der Waals surface area contributed by atoms with E-state index in [1.165, 1.54) is 0 Å². The van der Waals surface area contributed by atoms with E-state index >= 15 is 0 Å². The van der Waals surface area contributed by atoms with Gasteiger partial charge in [-0.2, -0.15) is 0 Å². The van der Waals surface area contributed by atoms with Crippen molar-refractivity contribution in [3.8, 4) is 11.5 Å². The van der Waals surface area contributed by atoms with Gasteiger partial charge in [0, 0.05) is 16.8 Å². The maximum atomic E-state index is 12.7. The second-order valence-corrected chi connectivity index (χ2v) is 6.38. The van der Waals surface area contributed by atoms with Crippen LogP contribution in [0.25, 0.3) is 0 Å². The molecule has 30 heavy (non-hydrogen) atoms. The van der Waals surface area contributed by atoms with E-state index in [1.54, 1.807) is 60.7 Å². The van der Waals surface area contributed by atoms with Gasteiger partial charge in [-0.05, 0) is 68.4 Å². The predicted molar refractivity (Wildman–Crippen MR) is 118 cm³/mol. The number of carbonyl (C=O) groups is 2. The zero-order valence-corrected chi connectivity index (χ0v) is 17.0. The van der Waals surface area contributed by atoms with Crippen molar-refractivity contribution in [3.05, 3.63) is 83.9 Å². The zero-order valence-electron chi connectivity index (χ0n) is 17.0. The van der Waals surface area contributed by atoms with E-state index in [0.717, 1.165) is 0 Å². The lowest BCUT2D eigenvalue weighted by Gasteiger charge is -2.12. The van der Waals surface area contributed by atoms with E-state index in [-0.39, 0.29) is 11.8 Å². The van der Waals surface area contributed by atoms with E-state index in [0.29, 0.717) is 47.2 Å². The Balaban J connectivity index is 1.69. The van der Waals surface area contributed by atoms with Crippen LogP contribution in [0.1, 0.15) is 34.6 Å². The molecule has 3 aromatic rings. The maximum absolute atomic E-state index is 12.7. The number of rotatable bonds is 8. The van der Waals surface area contributed by atoms with Gasteiger partial charge < -0.3 is 20.1 Å². The predicted octanol–water partition coefficient (Wildman–Crippen LogP) is 4.99. The number of hydrogen-bond acceptors (Lipinski definition) is 4. The van der Waals surface area contributed by atoms with Crippen LogP contribution in [-0.2, 0) is 0 Å². The SMILES string of the molecule is CCOc1ccc(C(=O)Nc2cccc(C(=O)Nc3ccccc3OCC)c2)cc1. The molecule has 0 aliphatic rings. The van der Waals surface area contributed by atoms with Crippen molar-refractivity contribution in [1.82, 2.24) is 0 Å². The third kappa shape index (κ3) is 5.38. The van der Waals surface area contributed by atoms with Gasteiger partial charge in [-0.3, -0.25) is 9.59 Å². The summed E-state index contributed by atoms with van der Waals surface area (Å²) < 4.78 is 10.9. The number of hydrogen-bond donors (Lipinski definition) is 2. The maximum Gasteiger partial charge on any atom is 0.255 e. The van der Waals surface area contributed by atoms with Crippen molar-refractivity contribution in [2.45, 2.75) is 13.8 Å². The number of anilines is 2. The Bertz CT molecular complexity index is 1020. The molecule has 0 radical (unpaired) electrons. The smallest absolute Gasteiger partial charge is 0.255 e. The second kappa shape index (κ2) is 10.1. The summed E-state index contributed by atoms with van der Waals surface area (Å²) in [7, 11) is 0. The fourth-order valence-electron chi connectivity index (χ4n) is 2.86. The van der Waals surface area contributed by atoms with Crippen LogP contribution in [0.3, 0.4) is 0 Å². The Labute approximate surface area is 175 Å². The highest BCUT2D eigenvalue weighted by Gasteiger charge is 2.12. The molecule has 0 aliphatic carbocycles. The minimum Gasteiger partial charge on any atom is -0.494 e. The van der Waals surface area contributed by atoms with Crippen molar-refractivity contribution >= 4 is 23.2 Å². The first-order valence-electron chi connectivity index (χ1n) is 9.78. The Morgan fingerprint density at radius 3 is 2.17 bits per heavy atom. The molecule has 0 bridgehead atoms. The summed E-state index contributed by atoms with van der Waals surface area (Å²) in [4.78, 5) is 25.2. The highest BCUT2D eigenvalue weighted by atomic mass is 16.5. The van der Waals surface area contributed by atoms with Gasteiger partial charge in [0.2, 0.25) is 0 Å². The number of ether oxygens (including phenoxy) is 2. The Morgan fingerprint density at radius 1 is 0.733 bits per heavy atom. The largest absolute Gasteiger partial charge is 0.494 e. The lowest BCUT2D eigenvalue weighted by molar-refractivity contribution is 0.101. The van der Waals surface area contributed by atoms with Gasteiger partial charge in [0.25, 0.3) is 11.8 Å². The summed E-state index contributed by atoms with van der Waals surface area (Å²) in [5.74, 6) is 0.755. The molecule has 6 heteroatoms. The molecular formula is C24H24N2O4. The van der Waals surface area contributed by atoms with E-state index in [2.05, 4.69) is 10.6 Å². The number of benzene rings is 3. The Morgan fingerprint density at radius 2 is 1.43 bits per heavy atom. The van der Waals surface area contributed by atoms with E-state index in [9.17, 15) is 9.59 Å². The van der Waals surface area contributed by atoms with Crippen molar-refractivity contribution < 1.29 is 19.1 Å². The van der Waals surface area contributed by atoms with E-state index in [1.807, 2.05) is 26.0 Å². The number of carbonyl (C=O) groups excluding carboxylic acids is 2. The lowest BCUT2D eigenvalue weighted by atomic mass is 10.1. The van der Waals surface area contributed by atoms with E-state index in [4.69, 9.17) is 9.47 Å². The van der Waals surface area contributed by atoms with Gasteiger partial charge >= 0.3 is 0 Å². The van der Waals surface area contributed by atoms with Gasteiger partial charge in [0.15, 0.2) is 0 Å². The van der Waals surface area contributed by atoms with Crippen molar-refractivity contribution in [2.24, 2.45) is 0 Å². The summed E-state index contributed by atoms with van der Waals surface area (Å²) >= 11 is 0. The Kier molecular flexibility index (Phi) is 7.05. The molecule has 0 unspecified atom stereocenters. The zero-order chi connectivity index (χ0) is 21.3. The highest BCUT2D eigenvalue weighted by Crippen LogP contribution is 2.24. The fourth-order valence-corrected chi connectivity index (χ4v) is 2.86. The minimum absolute atomic E-state index is 0.266. The van der Waals surface area contributed by atoms with Crippen LogP contribution in [0.5, 0.6) is 11.5 Å². The van der Waals surface area contributed by atoms with Gasteiger partial charge in [0.1, 0.15) is 11.5 Å². The van der Waals surface area contributed by atoms with Gasteiger partial charge in [-0.1, -0.05) is 18.2 Å². The molecule has 0 fully saturated rings. The Hall–Kier alpha value is -3.80. The molecule has 3 aromatic carbocycles. The van der Waals surface area contributed by atoms with Crippen LogP contribution in [0.15, 0.2) is 72.8 Å². The molecule has 2 N–H and O–H groups in total. The molecule has 0 heterocycles. The molecule has 0 saturated heterocycles. The summed E-state index contributed by atoms with van der Waals surface area (Å²) in [5.41, 5.74) is 2.04. The van der Waals surface area contributed by atoms with Crippen LogP contribution in [0, 0.1) is 0 Å². The number of nitrogens with one attached hydrogen (secondary N) is 2. The van der Waals surface area contributed by atoms with Crippen LogP contribution < -0.4 is 20.1 Å². The molecule has 0 aliphatic heterocycles. The average Bonchev–Trinajstić information content (AvgIpc) is 2.76. The second-order valence-electron chi connectivity index (χ2n) is 6.38. The lowest BCUT2D eigenvalue weighted by Crippen LogP contribution is -2.15. The molecule has 3 rings (SSSR count). The van der Waals surface area contributed by atoms with Gasteiger partial charge in [0.05, 0.1) is 18.9 Å². The average molecular weight is 404 g/mol. The molecule has 0 aromatic heterocycles. The van der Waals surface area contributed by atoms with Crippen LogP contribution in [0.4, 0.5) is 11.4 Å². The molecule has 154 valence electrons. The van der Waals surface area contributed by atoms with Crippen molar-refractivity contribution in [2.75, 3.05) is 23.8 Å². The highest BCUT2D eigenvalue weighted by molar-refractivity contribution is 6.07.